The molecule has 3 aromatic carbocycles. The van der Waals surface area contributed by atoms with E-state index in [0.29, 0.717) is 33.5 Å². The Hall–Kier alpha value is -3.22. The Bertz CT molecular complexity index is 1210. The van der Waals surface area contributed by atoms with Crippen LogP contribution in [0.2, 0.25) is 10.0 Å². The number of carbonyl (C=O) groups excluding carboxylic acids is 2. The van der Waals surface area contributed by atoms with Crippen molar-refractivity contribution in [1.82, 2.24) is 10.2 Å². The topological polar surface area (TPSA) is 67.9 Å². The summed E-state index contributed by atoms with van der Waals surface area (Å²) >= 11 is 12.6. The van der Waals surface area contributed by atoms with Crippen molar-refractivity contribution < 1.29 is 19.1 Å². The number of amides is 2. The molecule has 0 aliphatic heterocycles. The molecule has 0 heterocycles. The number of halogens is 2. The third-order valence-corrected chi connectivity index (χ3v) is 7.34. The molecular weight excluding hydrogens is 523 g/mol. The number of hydrogen-bond donors (Lipinski definition) is 1. The number of hydrogen-bond acceptors (Lipinski definition) is 4. The summed E-state index contributed by atoms with van der Waals surface area (Å²) in [5, 5.41) is 4.12. The fourth-order valence-electron chi connectivity index (χ4n) is 4.65. The van der Waals surface area contributed by atoms with E-state index in [0.717, 1.165) is 31.2 Å². The van der Waals surface area contributed by atoms with Crippen LogP contribution in [0.3, 0.4) is 0 Å². The molecule has 0 saturated heterocycles. The minimum atomic E-state index is -0.753. The summed E-state index contributed by atoms with van der Waals surface area (Å²) in [4.78, 5) is 29.0. The van der Waals surface area contributed by atoms with Crippen LogP contribution in [-0.4, -0.2) is 42.5 Å². The maximum atomic E-state index is 13.7. The summed E-state index contributed by atoms with van der Waals surface area (Å²) in [6.07, 6.45) is 4.43. The van der Waals surface area contributed by atoms with Gasteiger partial charge in [-0.1, -0.05) is 72.4 Å². The van der Waals surface area contributed by atoms with Crippen molar-refractivity contribution in [2.24, 2.45) is 0 Å². The highest BCUT2D eigenvalue weighted by Crippen LogP contribution is 2.25. The van der Waals surface area contributed by atoms with E-state index >= 15 is 0 Å². The van der Waals surface area contributed by atoms with Crippen molar-refractivity contribution in [3.8, 4) is 11.5 Å². The maximum Gasteiger partial charge on any atom is 0.261 e. The third kappa shape index (κ3) is 7.65. The zero-order valence-electron chi connectivity index (χ0n) is 21.4. The van der Waals surface area contributed by atoms with Crippen LogP contribution < -0.4 is 14.8 Å². The van der Waals surface area contributed by atoms with Gasteiger partial charge in [-0.3, -0.25) is 9.59 Å². The van der Waals surface area contributed by atoms with Crippen LogP contribution in [0.25, 0.3) is 0 Å². The SMILES string of the molecule is COc1ccc(OCC(=O)N(Cc2ccc(Cl)cc2Cl)C(Cc2ccccc2)C(=O)NC2CCCC2)cc1. The average molecular weight is 556 g/mol. The molecule has 1 atom stereocenters. The maximum absolute atomic E-state index is 13.7. The molecule has 0 radical (unpaired) electrons. The van der Waals surface area contributed by atoms with Crippen LogP contribution in [0.15, 0.2) is 72.8 Å². The van der Waals surface area contributed by atoms with Gasteiger partial charge < -0.3 is 19.7 Å². The van der Waals surface area contributed by atoms with E-state index in [9.17, 15) is 9.59 Å². The van der Waals surface area contributed by atoms with Gasteiger partial charge in [-0.05, 0) is 60.4 Å². The summed E-state index contributed by atoms with van der Waals surface area (Å²) in [5.74, 6) is 0.714. The van der Waals surface area contributed by atoms with Gasteiger partial charge in [-0.2, -0.15) is 0 Å². The zero-order valence-corrected chi connectivity index (χ0v) is 22.9. The standard InChI is InChI=1S/C30H32Cl2N2O4/c1-37-25-13-15-26(16-14-25)38-20-29(35)34(19-22-11-12-23(31)18-27(22)32)28(17-21-7-3-2-4-8-21)30(36)33-24-9-5-6-10-24/h2-4,7-8,11-16,18,24,28H,5-6,9-10,17,19-20H2,1H3,(H,33,36). The molecule has 6 nitrogen and oxygen atoms in total. The minimum absolute atomic E-state index is 0.118. The number of carbonyl (C=O) groups is 2. The van der Waals surface area contributed by atoms with Gasteiger partial charge in [0.2, 0.25) is 5.91 Å². The lowest BCUT2D eigenvalue weighted by Crippen LogP contribution is -2.53. The van der Waals surface area contributed by atoms with Crippen molar-refractivity contribution >= 4 is 35.0 Å². The van der Waals surface area contributed by atoms with Gasteiger partial charge in [0.05, 0.1) is 7.11 Å². The molecule has 0 spiro atoms. The normalized spacial score (nSPS) is 14.1. The lowest BCUT2D eigenvalue weighted by Gasteiger charge is -2.32. The van der Waals surface area contributed by atoms with Crippen LogP contribution in [0, 0.1) is 0 Å². The fourth-order valence-corrected chi connectivity index (χ4v) is 5.12. The zero-order chi connectivity index (χ0) is 26.9. The number of nitrogens with zero attached hydrogens (tertiary/aromatic N) is 1. The summed E-state index contributed by atoms with van der Waals surface area (Å²) in [6.45, 7) is -0.101. The molecule has 3 aromatic rings. The van der Waals surface area contributed by atoms with E-state index in [-0.39, 0.29) is 31.0 Å². The first kappa shape index (κ1) is 27.8. The molecule has 1 aliphatic rings. The smallest absolute Gasteiger partial charge is 0.261 e. The molecule has 1 N–H and O–H groups in total. The first-order valence-corrected chi connectivity index (χ1v) is 13.5. The molecule has 1 fully saturated rings. The summed E-state index contributed by atoms with van der Waals surface area (Å²) in [6, 6.07) is 21.2. The fraction of sp³-hybridized carbons (Fsp3) is 0.333. The number of rotatable bonds is 11. The molecule has 1 aliphatic carbocycles. The van der Waals surface area contributed by atoms with Crippen LogP contribution in [0.5, 0.6) is 11.5 Å². The third-order valence-electron chi connectivity index (χ3n) is 6.75. The lowest BCUT2D eigenvalue weighted by molar-refractivity contribution is -0.143. The average Bonchev–Trinajstić information content (AvgIpc) is 3.44. The Balaban J connectivity index is 1.62. The van der Waals surface area contributed by atoms with Gasteiger partial charge in [-0.15, -0.1) is 0 Å². The summed E-state index contributed by atoms with van der Waals surface area (Å²) < 4.78 is 11.0. The Labute approximate surface area is 233 Å². The lowest BCUT2D eigenvalue weighted by atomic mass is 10.0. The van der Waals surface area contributed by atoms with Crippen molar-refractivity contribution in [2.75, 3.05) is 13.7 Å². The largest absolute Gasteiger partial charge is 0.497 e. The molecule has 1 saturated carbocycles. The highest BCUT2D eigenvalue weighted by Gasteiger charge is 2.32. The highest BCUT2D eigenvalue weighted by molar-refractivity contribution is 6.35. The van der Waals surface area contributed by atoms with E-state index in [2.05, 4.69) is 5.32 Å². The number of nitrogens with one attached hydrogen (secondary N) is 1. The van der Waals surface area contributed by atoms with Gasteiger partial charge in [0.25, 0.3) is 5.91 Å². The molecule has 200 valence electrons. The molecule has 0 aromatic heterocycles. The van der Waals surface area contributed by atoms with Crippen LogP contribution in [-0.2, 0) is 22.6 Å². The van der Waals surface area contributed by atoms with Crippen LogP contribution in [0.4, 0.5) is 0 Å². The first-order chi connectivity index (χ1) is 18.4. The van der Waals surface area contributed by atoms with Crippen molar-refractivity contribution in [3.05, 3.63) is 94.0 Å². The Morgan fingerprint density at radius 3 is 2.32 bits per heavy atom. The Morgan fingerprint density at radius 1 is 0.974 bits per heavy atom. The molecule has 38 heavy (non-hydrogen) atoms. The summed E-state index contributed by atoms with van der Waals surface area (Å²) in [7, 11) is 1.59. The molecule has 2 amide bonds. The van der Waals surface area contributed by atoms with Crippen LogP contribution >= 0.6 is 23.2 Å². The molecule has 1 unspecified atom stereocenters. The predicted octanol–water partition coefficient (Wildman–Crippen LogP) is 6.08. The van der Waals surface area contributed by atoms with E-state index in [1.165, 1.54) is 0 Å². The van der Waals surface area contributed by atoms with Crippen molar-refractivity contribution in [3.63, 3.8) is 0 Å². The van der Waals surface area contributed by atoms with Gasteiger partial charge in [0.1, 0.15) is 17.5 Å². The van der Waals surface area contributed by atoms with Crippen molar-refractivity contribution in [2.45, 2.75) is 50.7 Å². The molecule has 8 heteroatoms. The second kappa shape index (κ2) is 13.5. The van der Waals surface area contributed by atoms with Crippen LogP contribution in [0.1, 0.15) is 36.8 Å². The van der Waals surface area contributed by atoms with E-state index in [4.69, 9.17) is 32.7 Å². The van der Waals surface area contributed by atoms with Gasteiger partial charge >= 0.3 is 0 Å². The number of ether oxygens (including phenoxy) is 2. The van der Waals surface area contributed by atoms with E-state index in [1.54, 1.807) is 54.5 Å². The predicted molar refractivity (Wildman–Crippen MR) is 150 cm³/mol. The Kier molecular flexibility index (Phi) is 9.91. The monoisotopic (exact) mass is 554 g/mol. The first-order valence-electron chi connectivity index (χ1n) is 12.8. The highest BCUT2D eigenvalue weighted by atomic mass is 35.5. The van der Waals surface area contributed by atoms with Crippen molar-refractivity contribution in [1.29, 1.82) is 0 Å². The molecule has 0 bridgehead atoms. The Morgan fingerprint density at radius 2 is 1.66 bits per heavy atom. The second-order valence-electron chi connectivity index (χ2n) is 9.42. The molecular formula is C30H32Cl2N2O4. The minimum Gasteiger partial charge on any atom is -0.497 e. The van der Waals surface area contributed by atoms with E-state index < -0.39 is 6.04 Å². The summed E-state index contributed by atoms with van der Waals surface area (Å²) in [5.41, 5.74) is 1.65. The quantitative estimate of drug-likeness (QED) is 0.312. The van der Waals surface area contributed by atoms with Gasteiger partial charge in [0.15, 0.2) is 6.61 Å². The number of benzene rings is 3. The second-order valence-corrected chi connectivity index (χ2v) is 10.3. The van der Waals surface area contributed by atoms with E-state index in [1.807, 2.05) is 30.3 Å². The molecule has 4 rings (SSSR count). The van der Waals surface area contributed by atoms with Gasteiger partial charge in [-0.25, -0.2) is 0 Å². The van der Waals surface area contributed by atoms with Gasteiger partial charge in [0, 0.05) is 29.1 Å². The number of methoxy groups -OCH3 is 1.